The fourth-order valence-corrected chi connectivity index (χ4v) is 2.49. The molecule has 0 aromatic heterocycles. The Balaban J connectivity index is 1.76. The van der Waals surface area contributed by atoms with E-state index < -0.39 is 0 Å². The van der Waals surface area contributed by atoms with E-state index in [1.807, 2.05) is 19.1 Å². The molecule has 0 spiro atoms. The molecular formula is C20H21ClN2O3. The monoisotopic (exact) mass is 372 g/mol. The van der Waals surface area contributed by atoms with E-state index in [4.69, 9.17) is 11.6 Å². The summed E-state index contributed by atoms with van der Waals surface area (Å²) >= 11 is 6.00. The Morgan fingerprint density at radius 2 is 1.62 bits per heavy atom. The molecule has 0 atom stereocenters. The molecule has 0 aliphatic heterocycles. The fraction of sp³-hybridized carbons (Fsp3) is 0.250. The van der Waals surface area contributed by atoms with Crippen molar-refractivity contribution >= 4 is 34.9 Å². The van der Waals surface area contributed by atoms with Crippen molar-refractivity contribution in [2.75, 3.05) is 11.9 Å². The van der Waals surface area contributed by atoms with Crippen LogP contribution < -0.4 is 10.6 Å². The predicted molar refractivity (Wildman–Crippen MR) is 103 cm³/mol. The predicted octanol–water partition coefficient (Wildman–Crippen LogP) is 3.67. The number of hydrogen-bond donors (Lipinski definition) is 2. The second-order valence-electron chi connectivity index (χ2n) is 6.03. The molecule has 0 saturated carbocycles. The number of Topliss-reactive ketones (excluding diaryl/α,β-unsaturated/α-hetero) is 1. The van der Waals surface area contributed by atoms with Crippen molar-refractivity contribution in [2.45, 2.75) is 26.7 Å². The summed E-state index contributed by atoms with van der Waals surface area (Å²) in [5, 5.41) is 5.77. The Kier molecular flexibility index (Phi) is 6.92. The first kappa shape index (κ1) is 19.7. The number of halogens is 1. The number of nitrogens with one attached hydrogen (secondary N) is 2. The highest BCUT2D eigenvalue weighted by atomic mass is 35.5. The van der Waals surface area contributed by atoms with Gasteiger partial charge in [-0.1, -0.05) is 47.5 Å². The van der Waals surface area contributed by atoms with E-state index in [2.05, 4.69) is 10.6 Å². The molecule has 2 aromatic rings. The molecule has 0 aliphatic rings. The molecule has 5 nitrogen and oxygen atoms in total. The van der Waals surface area contributed by atoms with Gasteiger partial charge in [0.05, 0.1) is 6.54 Å². The minimum atomic E-state index is -0.353. The van der Waals surface area contributed by atoms with Gasteiger partial charge >= 0.3 is 0 Å². The van der Waals surface area contributed by atoms with Gasteiger partial charge in [-0.2, -0.15) is 0 Å². The second-order valence-corrected chi connectivity index (χ2v) is 6.43. The van der Waals surface area contributed by atoms with E-state index in [1.54, 1.807) is 37.3 Å². The lowest BCUT2D eigenvalue weighted by atomic mass is 10.1. The average Bonchev–Trinajstić information content (AvgIpc) is 2.62. The van der Waals surface area contributed by atoms with Crippen LogP contribution in [0.15, 0.2) is 42.5 Å². The minimum absolute atomic E-state index is 0.0379. The maximum Gasteiger partial charge on any atom is 0.243 e. The lowest BCUT2D eigenvalue weighted by molar-refractivity contribution is -0.124. The third-order valence-corrected chi connectivity index (χ3v) is 4.35. The summed E-state index contributed by atoms with van der Waals surface area (Å²) in [6, 6.07) is 12.4. The lowest BCUT2D eigenvalue weighted by Gasteiger charge is -2.10. The van der Waals surface area contributed by atoms with Gasteiger partial charge in [0.25, 0.3) is 0 Å². The van der Waals surface area contributed by atoms with E-state index >= 15 is 0 Å². The highest BCUT2D eigenvalue weighted by Crippen LogP contribution is 2.22. The third-order valence-electron chi connectivity index (χ3n) is 3.94. The number of benzene rings is 2. The lowest BCUT2D eigenvalue weighted by Crippen LogP contribution is -2.33. The van der Waals surface area contributed by atoms with E-state index in [-0.39, 0.29) is 37.0 Å². The molecule has 2 rings (SSSR count). The summed E-state index contributed by atoms with van der Waals surface area (Å²) in [6.07, 6.45) is 0.139. The van der Waals surface area contributed by atoms with Crippen molar-refractivity contribution in [3.8, 4) is 0 Å². The highest BCUT2D eigenvalue weighted by molar-refractivity contribution is 6.31. The Morgan fingerprint density at radius 1 is 0.923 bits per heavy atom. The summed E-state index contributed by atoms with van der Waals surface area (Å²) in [4.78, 5) is 35.8. The summed E-state index contributed by atoms with van der Waals surface area (Å²) < 4.78 is 0. The van der Waals surface area contributed by atoms with Crippen LogP contribution in [-0.4, -0.2) is 24.1 Å². The zero-order valence-corrected chi connectivity index (χ0v) is 15.5. The summed E-state index contributed by atoms with van der Waals surface area (Å²) in [6.45, 7) is 3.58. The standard InChI is InChI=1S/C20H21ClN2O3/c1-13-6-8-15(9-7-13)18(24)10-11-19(25)22-12-20(26)23-17-5-3-4-16(21)14(17)2/h3-9H,10-12H2,1-2H3,(H,22,25)(H,23,26). The molecule has 136 valence electrons. The van der Waals surface area contributed by atoms with Crippen LogP contribution >= 0.6 is 11.6 Å². The van der Waals surface area contributed by atoms with Crippen molar-refractivity contribution in [1.82, 2.24) is 5.32 Å². The maximum atomic E-state index is 12.0. The number of carbonyl (C=O) groups excluding carboxylic acids is 3. The van der Waals surface area contributed by atoms with Crippen LogP contribution in [0.5, 0.6) is 0 Å². The van der Waals surface area contributed by atoms with Gasteiger partial charge in [0.2, 0.25) is 11.8 Å². The van der Waals surface area contributed by atoms with Crippen LogP contribution in [0, 0.1) is 13.8 Å². The Labute approximate surface area is 157 Å². The van der Waals surface area contributed by atoms with Crippen LogP contribution in [0.25, 0.3) is 0 Å². The zero-order valence-electron chi connectivity index (χ0n) is 14.8. The molecule has 0 radical (unpaired) electrons. The van der Waals surface area contributed by atoms with Gasteiger partial charge in [0, 0.05) is 29.1 Å². The fourth-order valence-electron chi connectivity index (χ4n) is 2.32. The number of hydrogen-bond acceptors (Lipinski definition) is 3. The van der Waals surface area contributed by atoms with Gasteiger partial charge in [0.15, 0.2) is 5.78 Å². The number of aryl methyl sites for hydroxylation is 1. The van der Waals surface area contributed by atoms with Crippen LogP contribution in [0.4, 0.5) is 5.69 Å². The molecule has 2 N–H and O–H groups in total. The summed E-state index contributed by atoms with van der Waals surface area (Å²) in [5.74, 6) is -0.795. The molecule has 26 heavy (non-hydrogen) atoms. The molecule has 2 aromatic carbocycles. The molecule has 0 unspecified atom stereocenters. The van der Waals surface area contributed by atoms with E-state index in [0.717, 1.165) is 11.1 Å². The van der Waals surface area contributed by atoms with Crippen molar-refractivity contribution in [2.24, 2.45) is 0 Å². The Hall–Kier alpha value is -2.66. The number of ketones is 1. The van der Waals surface area contributed by atoms with Crippen LogP contribution in [0.1, 0.15) is 34.3 Å². The normalized spacial score (nSPS) is 10.3. The van der Waals surface area contributed by atoms with Crippen LogP contribution in [0.2, 0.25) is 5.02 Å². The first-order chi connectivity index (χ1) is 12.4. The largest absolute Gasteiger partial charge is 0.347 e. The van der Waals surface area contributed by atoms with Gasteiger partial charge < -0.3 is 10.6 Å². The summed E-state index contributed by atoms with van der Waals surface area (Å²) in [7, 11) is 0. The first-order valence-corrected chi connectivity index (χ1v) is 8.66. The van der Waals surface area contributed by atoms with E-state index in [9.17, 15) is 14.4 Å². The third kappa shape index (κ3) is 5.70. The van der Waals surface area contributed by atoms with Gasteiger partial charge in [-0.3, -0.25) is 14.4 Å². The maximum absolute atomic E-state index is 12.0. The van der Waals surface area contributed by atoms with Gasteiger partial charge in [-0.25, -0.2) is 0 Å². The highest BCUT2D eigenvalue weighted by Gasteiger charge is 2.11. The van der Waals surface area contributed by atoms with Gasteiger partial charge in [0.1, 0.15) is 0 Å². The quantitative estimate of drug-likeness (QED) is 0.728. The van der Waals surface area contributed by atoms with Gasteiger partial charge in [-0.15, -0.1) is 0 Å². The number of rotatable bonds is 7. The number of amides is 2. The molecule has 0 bridgehead atoms. The van der Waals surface area contributed by atoms with Crippen molar-refractivity contribution in [1.29, 1.82) is 0 Å². The summed E-state index contributed by atoms with van der Waals surface area (Å²) in [5.41, 5.74) is 3.02. The van der Waals surface area contributed by atoms with Crippen molar-refractivity contribution < 1.29 is 14.4 Å². The SMILES string of the molecule is Cc1ccc(C(=O)CCC(=O)NCC(=O)Nc2cccc(Cl)c2C)cc1. The molecule has 2 amide bonds. The Bertz CT molecular complexity index is 816. The molecule has 0 heterocycles. The first-order valence-electron chi connectivity index (χ1n) is 8.28. The number of anilines is 1. The number of carbonyl (C=O) groups is 3. The van der Waals surface area contributed by atoms with E-state index in [0.29, 0.717) is 16.3 Å². The second kappa shape index (κ2) is 9.15. The Morgan fingerprint density at radius 3 is 2.31 bits per heavy atom. The molecule has 0 saturated heterocycles. The molecule has 0 fully saturated rings. The zero-order chi connectivity index (χ0) is 19.1. The van der Waals surface area contributed by atoms with Crippen molar-refractivity contribution in [3.63, 3.8) is 0 Å². The van der Waals surface area contributed by atoms with Crippen LogP contribution in [-0.2, 0) is 9.59 Å². The topological polar surface area (TPSA) is 75.3 Å². The molecular weight excluding hydrogens is 352 g/mol. The van der Waals surface area contributed by atoms with Crippen molar-refractivity contribution in [3.05, 3.63) is 64.2 Å². The smallest absolute Gasteiger partial charge is 0.243 e. The molecule has 0 aliphatic carbocycles. The minimum Gasteiger partial charge on any atom is -0.347 e. The molecule has 6 heteroatoms. The van der Waals surface area contributed by atoms with E-state index in [1.165, 1.54) is 0 Å². The average molecular weight is 373 g/mol. The van der Waals surface area contributed by atoms with Gasteiger partial charge in [-0.05, 0) is 31.5 Å². The van der Waals surface area contributed by atoms with Crippen LogP contribution in [0.3, 0.4) is 0 Å².